The Balaban J connectivity index is 0.000000284. The average Bonchev–Trinajstić information content (AvgIpc) is 3.80. The van der Waals surface area contributed by atoms with E-state index in [1.54, 1.807) is 12.8 Å². The van der Waals surface area contributed by atoms with Gasteiger partial charge < -0.3 is 18.8 Å². The fraction of sp³-hybridized carbons (Fsp3) is 0.897. The van der Waals surface area contributed by atoms with Crippen LogP contribution in [0.2, 0.25) is 0 Å². The van der Waals surface area contributed by atoms with E-state index in [9.17, 15) is 9.90 Å². The topological polar surface area (TPSA) is 68.3 Å². The summed E-state index contributed by atoms with van der Waals surface area (Å²) in [6.45, 7) is 14.9. The van der Waals surface area contributed by atoms with Gasteiger partial charge in [-0.3, -0.25) is 0 Å². The minimum atomic E-state index is -0.595. The van der Waals surface area contributed by atoms with Crippen molar-refractivity contribution >= 4 is 36.4 Å². The summed E-state index contributed by atoms with van der Waals surface area (Å²) in [5, 5.41) is 11.9. The van der Waals surface area contributed by atoms with E-state index in [0.717, 1.165) is 42.9 Å². The molecule has 6 aliphatic rings. The number of carbonyl (C=O) groups excluding carboxylic acids is 1. The van der Waals surface area contributed by atoms with Crippen LogP contribution in [0.5, 0.6) is 0 Å². The van der Waals surface area contributed by atoms with Crippen molar-refractivity contribution in [1.82, 2.24) is 0 Å². The van der Waals surface area contributed by atoms with E-state index in [-0.39, 0.29) is 17.1 Å². The van der Waals surface area contributed by atoms with Gasteiger partial charge in [-0.05, 0) is 86.4 Å². The summed E-state index contributed by atoms with van der Waals surface area (Å²) in [4.78, 5) is 9.95. The number of esters is 1. The Morgan fingerprint density at radius 2 is 1.86 bits per heavy atom. The van der Waals surface area contributed by atoms with Gasteiger partial charge in [0.15, 0.2) is 0 Å². The lowest BCUT2D eigenvalue weighted by atomic mass is 9.45. The first-order chi connectivity index (χ1) is 17.3. The maximum Gasteiger partial charge on any atom is 0.384 e. The highest BCUT2D eigenvalue weighted by Gasteiger charge is 2.79. The number of halogens is 1. The van der Waals surface area contributed by atoms with Crippen molar-refractivity contribution in [3.63, 3.8) is 0 Å². The standard InChI is InChI=1S/C20H29IO3S.C5H6O2.2C2H6/c1-10-7-15-16-12-8-14(12)20(22)9-11(24-25-21)3-5-18(20,2)13(16)4-6-19(15)17(10)23-19;1-3-5(6)7-4-2;2*1-2/h10-17,22H,3-9H2,1-2H3;1H,4H2,2H3;2*1-2H3. The third-order valence-corrected chi connectivity index (χ3v) is 11.1. The van der Waals surface area contributed by atoms with Gasteiger partial charge in [0, 0.05) is 33.5 Å². The van der Waals surface area contributed by atoms with Crippen molar-refractivity contribution in [2.24, 2.45) is 40.9 Å². The Bertz CT molecular complexity index is 818. The van der Waals surface area contributed by atoms with Gasteiger partial charge in [0.25, 0.3) is 0 Å². The highest BCUT2D eigenvalue weighted by Crippen LogP contribution is 2.77. The molecule has 5 saturated carbocycles. The summed E-state index contributed by atoms with van der Waals surface area (Å²) >= 11 is 2.22. The fourth-order valence-electron chi connectivity index (χ4n) is 8.82. The molecule has 0 bridgehead atoms. The van der Waals surface area contributed by atoms with Crippen LogP contribution < -0.4 is 0 Å². The number of ether oxygens (including phenoxy) is 2. The summed E-state index contributed by atoms with van der Waals surface area (Å²) in [6, 6.07) is 0. The fourth-order valence-corrected chi connectivity index (χ4v) is 9.97. The van der Waals surface area contributed by atoms with Crippen LogP contribution in [-0.4, -0.2) is 41.1 Å². The van der Waals surface area contributed by atoms with Crippen LogP contribution in [0.15, 0.2) is 0 Å². The molecule has 206 valence electrons. The van der Waals surface area contributed by atoms with E-state index in [0.29, 0.717) is 24.5 Å². The molecular formula is C29H47IO5S. The predicted molar refractivity (Wildman–Crippen MR) is 154 cm³/mol. The lowest BCUT2D eigenvalue weighted by Crippen LogP contribution is -2.64. The second-order valence-electron chi connectivity index (χ2n) is 11.3. The largest absolute Gasteiger partial charge is 0.456 e. The number of carbonyl (C=O) groups is 1. The molecule has 0 radical (unpaired) electrons. The number of fused-ring (bicyclic) bond motifs is 7. The molecule has 1 N–H and O–H groups in total. The Labute approximate surface area is 235 Å². The Morgan fingerprint density at radius 1 is 1.17 bits per heavy atom. The molecule has 0 amide bonds. The summed E-state index contributed by atoms with van der Waals surface area (Å²) in [7, 11) is 1.44. The van der Waals surface area contributed by atoms with Crippen molar-refractivity contribution in [3.05, 3.63) is 0 Å². The average molecular weight is 635 g/mol. The molecule has 1 aliphatic heterocycles. The second kappa shape index (κ2) is 12.0. The van der Waals surface area contributed by atoms with Crippen molar-refractivity contribution < 1.29 is 23.6 Å². The van der Waals surface area contributed by atoms with Gasteiger partial charge in [0.1, 0.15) is 0 Å². The molecule has 5 nitrogen and oxygen atoms in total. The number of rotatable bonds is 3. The van der Waals surface area contributed by atoms with E-state index in [1.807, 2.05) is 27.7 Å². The molecule has 0 aromatic heterocycles. The van der Waals surface area contributed by atoms with Crippen LogP contribution in [0, 0.1) is 53.3 Å². The first kappa shape index (κ1) is 30.5. The quantitative estimate of drug-likeness (QED) is 0.0902. The van der Waals surface area contributed by atoms with Gasteiger partial charge in [0.05, 0.1) is 39.2 Å². The molecule has 0 aromatic carbocycles. The van der Waals surface area contributed by atoms with Crippen LogP contribution in [0.1, 0.15) is 93.4 Å². The summed E-state index contributed by atoms with van der Waals surface area (Å²) < 4.78 is 16.5. The molecule has 1 spiro atoms. The zero-order valence-electron chi connectivity index (χ0n) is 23.2. The van der Waals surface area contributed by atoms with Crippen molar-refractivity contribution in [2.45, 2.75) is 117 Å². The van der Waals surface area contributed by atoms with Gasteiger partial charge in [-0.15, -0.1) is 6.42 Å². The summed E-state index contributed by atoms with van der Waals surface area (Å²) in [6.07, 6.45) is 13.7. The maximum absolute atomic E-state index is 11.9. The Hall–Kier alpha value is -0.0100. The molecule has 6 fully saturated rings. The molecule has 36 heavy (non-hydrogen) atoms. The number of hydrogen-bond donors (Lipinski definition) is 1. The van der Waals surface area contributed by atoms with Crippen LogP contribution in [0.4, 0.5) is 0 Å². The Morgan fingerprint density at radius 3 is 2.42 bits per heavy atom. The van der Waals surface area contributed by atoms with Gasteiger partial charge in [-0.25, -0.2) is 4.79 Å². The molecule has 6 rings (SSSR count). The number of hydrogen-bond acceptors (Lipinski definition) is 6. The van der Waals surface area contributed by atoms with E-state index in [2.05, 4.69) is 46.2 Å². The minimum absolute atomic E-state index is 0.0863. The minimum Gasteiger partial charge on any atom is -0.456 e. The van der Waals surface area contributed by atoms with E-state index >= 15 is 0 Å². The number of aliphatic hydroxyl groups is 1. The Kier molecular flexibility index (Phi) is 10.2. The van der Waals surface area contributed by atoms with Crippen molar-refractivity contribution in [1.29, 1.82) is 0 Å². The van der Waals surface area contributed by atoms with Crippen molar-refractivity contribution in [3.8, 4) is 12.3 Å². The number of terminal acetylenes is 1. The smallest absolute Gasteiger partial charge is 0.384 e. The van der Waals surface area contributed by atoms with Crippen LogP contribution >= 0.6 is 30.4 Å². The molecule has 11 unspecified atom stereocenters. The third-order valence-electron chi connectivity index (χ3n) is 10.2. The van der Waals surface area contributed by atoms with Crippen molar-refractivity contribution in [2.75, 3.05) is 6.61 Å². The zero-order valence-corrected chi connectivity index (χ0v) is 26.2. The summed E-state index contributed by atoms with van der Waals surface area (Å²) in [5.41, 5.74) is -0.146. The first-order valence-electron chi connectivity index (χ1n) is 14.2. The predicted octanol–water partition coefficient (Wildman–Crippen LogP) is 7.00. The normalized spacial score (nSPS) is 48.0. The van der Waals surface area contributed by atoms with Gasteiger partial charge >= 0.3 is 5.97 Å². The van der Waals surface area contributed by atoms with E-state index < -0.39 is 11.6 Å². The van der Waals surface area contributed by atoms with E-state index in [1.165, 1.54) is 34.9 Å². The molecule has 5 aliphatic carbocycles. The lowest BCUT2D eigenvalue weighted by molar-refractivity contribution is -0.218. The SMILES string of the molecule is C#CC(=O)OCC.CC.CC.CC1CC2C3C4CC4C4(O)CC(OSI)CCC4(C)C3CCC23OC13. The van der Waals surface area contributed by atoms with Gasteiger partial charge in [-0.2, -0.15) is 0 Å². The summed E-state index contributed by atoms with van der Waals surface area (Å²) in [5.74, 6) is 5.53. The van der Waals surface area contributed by atoms with Crippen LogP contribution in [-0.2, 0) is 18.5 Å². The molecule has 11 atom stereocenters. The molecule has 7 heteroatoms. The highest BCUT2D eigenvalue weighted by molar-refractivity contribution is 14.2. The first-order valence-corrected chi connectivity index (χ1v) is 17.5. The highest BCUT2D eigenvalue weighted by atomic mass is 127. The molecule has 1 saturated heterocycles. The maximum atomic E-state index is 11.9. The molecular weight excluding hydrogens is 587 g/mol. The van der Waals surface area contributed by atoms with Crippen LogP contribution in [0.3, 0.4) is 0 Å². The second-order valence-corrected chi connectivity index (χ2v) is 12.7. The zero-order chi connectivity index (χ0) is 26.9. The molecule has 0 aromatic rings. The van der Waals surface area contributed by atoms with Gasteiger partial charge in [-0.1, -0.05) is 41.5 Å². The lowest BCUT2D eigenvalue weighted by Gasteiger charge is -2.62. The number of epoxide rings is 1. The molecule has 1 heterocycles. The van der Waals surface area contributed by atoms with Gasteiger partial charge in [0.2, 0.25) is 0 Å². The van der Waals surface area contributed by atoms with E-state index in [4.69, 9.17) is 8.92 Å². The van der Waals surface area contributed by atoms with Crippen LogP contribution in [0.25, 0.3) is 0 Å². The third kappa shape index (κ3) is 4.89. The monoisotopic (exact) mass is 634 g/mol.